The molecule has 0 aliphatic carbocycles. The van der Waals surface area contributed by atoms with E-state index in [4.69, 9.17) is 27.5 Å². The monoisotopic (exact) mass is 288 g/mol. The molecule has 2 aromatic carbocycles. The number of halogens is 1. The van der Waals surface area contributed by atoms with E-state index in [9.17, 15) is 0 Å². The van der Waals surface area contributed by atoms with Gasteiger partial charge in [-0.2, -0.15) is 0 Å². The van der Waals surface area contributed by atoms with Crippen LogP contribution < -0.4 is 10.5 Å². The van der Waals surface area contributed by atoms with E-state index in [-0.39, 0.29) is 5.84 Å². The first-order chi connectivity index (χ1) is 9.47. The van der Waals surface area contributed by atoms with Gasteiger partial charge >= 0.3 is 0 Å². The Morgan fingerprint density at radius 1 is 1.20 bits per heavy atom. The third-order valence-corrected chi connectivity index (χ3v) is 3.43. The second-order valence-electron chi connectivity index (χ2n) is 4.78. The Balaban J connectivity index is 2.13. The highest BCUT2D eigenvalue weighted by Gasteiger charge is 2.06. The zero-order valence-corrected chi connectivity index (χ0v) is 12.3. The lowest BCUT2D eigenvalue weighted by atomic mass is 10.1. The molecular weight excluding hydrogens is 272 g/mol. The van der Waals surface area contributed by atoms with Crippen molar-refractivity contribution in [1.29, 1.82) is 5.41 Å². The molecule has 3 nitrogen and oxygen atoms in total. The van der Waals surface area contributed by atoms with E-state index in [1.165, 1.54) is 5.56 Å². The quantitative estimate of drug-likeness (QED) is 0.664. The maximum Gasteiger partial charge on any atom is 0.122 e. The molecule has 0 aromatic heterocycles. The first kappa shape index (κ1) is 14.4. The molecule has 0 bridgehead atoms. The fourth-order valence-electron chi connectivity index (χ4n) is 1.95. The Morgan fingerprint density at radius 2 is 1.95 bits per heavy atom. The Hall–Kier alpha value is -2.00. The second kappa shape index (κ2) is 5.97. The van der Waals surface area contributed by atoms with Gasteiger partial charge in [-0.15, -0.1) is 0 Å². The van der Waals surface area contributed by atoms with E-state index < -0.39 is 0 Å². The summed E-state index contributed by atoms with van der Waals surface area (Å²) in [6.45, 7) is 4.46. The highest BCUT2D eigenvalue weighted by atomic mass is 35.5. The summed E-state index contributed by atoms with van der Waals surface area (Å²) in [4.78, 5) is 0. The van der Waals surface area contributed by atoms with E-state index in [0.717, 1.165) is 16.9 Å². The molecule has 0 fully saturated rings. The number of rotatable bonds is 4. The first-order valence-corrected chi connectivity index (χ1v) is 6.68. The maximum atomic E-state index is 7.38. The molecule has 0 aliphatic rings. The van der Waals surface area contributed by atoms with Crippen LogP contribution in [0, 0.1) is 19.3 Å². The number of amidine groups is 1. The van der Waals surface area contributed by atoms with Crippen molar-refractivity contribution in [2.45, 2.75) is 20.5 Å². The standard InChI is InChI=1S/C16H17ClN2O/c1-10-3-6-15(11(2)7-10)20-9-13-5-4-12(16(18)19)8-14(13)17/h3-8H,9H2,1-2H3,(H3,18,19). The number of nitrogens with one attached hydrogen (secondary N) is 1. The topological polar surface area (TPSA) is 59.1 Å². The summed E-state index contributed by atoms with van der Waals surface area (Å²) in [5.74, 6) is 0.857. The molecule has 2 aromatic rings. The number of benzene rings is 2. The van der Waals surface area contributed by atoms with Gasteiger partial charge in [0.15, 0.2) is 0 Å². The summed E-state index contributed by atoms with van der Waals surface area (Å²) >= 11 is 6.17. The minimum atomic E-state index is 0.00810. The largest absolute Gasteiger partial charge is 0.489 e. The van der Waals surface area contributed by atoms with Gasteiger partial charge in [-0.1, -0.05) is 41.4 Å². The Labute approximate surface area is 123 Å². The van der Waals surface area contributed by atoms with Crippen LogP contribution >= 0.6 is 11.6 Å². The predicted molar refractivity (Wildman–Crippen MR) is 82.7 cm³/mol. The zero-order valence-electron chi connectivity index (χ0n) is 11.5. The van der Waals surface area contributed by atoms with Crippen LogP contribution in [-0.4, -0.2) is 5.84 Å². The average molecular weight is 289 g/mol. The lowest BCUT2D eigenvalue weighted by molar-refractivity contribution is 0.304. The normalized spacial score (nSPS) is 10.3. The number of nitrogens with two attached hydrogens (primary N) is 1. The third-order valence-electron chi connectivity index (χ3n) is 3.08. The van der Waals surface area contributed by atoms with E-state index in [1.54, 1.807) is 12.1 Å². The number of ether oxygens (including phenoxy) is 1. The van der Waals surface area contributed by atoms with Crippen LogP contribution in [0.25, 0.3) is 0 Å². The SMILES string of the molecule is Cc1ccc(OCc2ccc(C(=N)N)cc2Cl)c(C)c1. The van der Waals surface area contributed by atoms with Crippen molar-refractivity contribution in [3.8, 4) is 5.75 Å². The van der Waals surface area contributed by atoms with Gasteiger partial charge in [0.2, 0.25) is 0 Å². The van der Waals surface area contributed by atoms with E-state index in [1.807, 2.05) is 32.0 Å². The van der Waals surface area contributed by atoms with Crippen LogP contribution in [0.2, 0.25) is 5.02 Å². The molecule has 104 valence electrons. The molecule has 0 radical (unpaired) electrons. The molecule has 2 rings (SSSR count). The molecule has 0 aliphatic heterocycles. The fraction of sp³-hybridized carbons (Fsp3) is 0.188. The van der Waals surface area contributed by atoms with Crippen LogP contribution in [0.5, 0.6) is 5.75 Å². The van der Waals surface area contributed by atoms with Crippen LogP contribution in [0.15, 0.2) is 36.4 Å². The number of hydrogen-bond donors (Lipinski definition) is 2. The zero-order chi connectivity index (χ0) is 14.7. The van der Waals surface area contributed by atoms with E-state index >= 15 is 0 Å². The second-order valence-corrected chi connectivity index (χ2v) is 5.18. The predicted octanol–water partition coefficient (Wildman–Crippen LogP) is 3.82. The van der Waals surface area contributed by atoms with Crippen LogP contribution in [-0.2, 0) is 6.61 Å². The van der Waals surface area contributed by atoms with Crippen molar-refractivity contribution in [2.24, 2.45) is 5.73 Å². The van der Waals surface area contributed by atoms with E-state index in [0.29, 0.717) is 17.2 Å². The highest BCUT2D eigenvalue weighted by Crippen LogP contribution is 2.23. The Morgan fingerprint density at radius 3 is 2.55 bits per heavy atom. The molecule has 20 heavy (non-hydrogen) atoms. The molecule has 0 spiro atoms. The van der Waals surface area contributed by atoms with Gasteiger partial charge in [0.05, 0.1) is 0 Å². The minimum Gasteiger partial charge on any atom is -0.489 e. The fourth-order valence-corrected chi connectivity index (χ4v) is 2.18. The van der Waals surface area contributed by atoms with Crippen LogP contribution in [0.1, 0.15) is 22.3 Å². The van der Waals surface area contributed by atoms with Crippen molar-refractivity contribution in [3.63, 3.8) is 0 Å². The molecule has 0 saturated carbocycles. The molecule has 0 saturated heterocycles. The summed E-state index contributed by atoms with van der Waals surface area (Å²) in [6, 6.07) is 11.4. The van der Waals surface area contributed by atoms with E-state index in [2.05, 4.69) is 6.07 Å². The van der Waals surface area contributed by atoms with Crippen LogP contribution in [0.4, 0.5) is 0 Å². The summed E-state index contributed by atoms with van der Waals surface area (Å²) < 4.78 is 5.79. The molecule has 0 atom stereocenters. The molecule has 0 unspecified atom stereocenters. The van der Waals surface area contributed by atoms with Crippen molar-refractivity contribution in [1.82, 2.24) is 0 Å². The van der Waals surface area contributed by atoms with Gasteiger partial charge in [-0.05, 0) is 31.5 Å². The van der Waals surface area contributed by atoms with Crippen molar-refractivity contribution >= 4 is 17.4 Å². The molecular formula is C16H17ClN2O. The molecule has 0 amide bonds. The van der Waals surface area contributed by atoms with Gasteiger partial charge in [0.1, 0.15) is 18.2 Å². The van der Waals surface area contributed by atoms with Crippen molar-refractivity contribution < 1.29 is 4.74 Å². The average Bonchev–Trinajstić information content (AvgIpc) is 2.38. The summed E-state index contributed by atoms with van der Waals surface area (Å²) in [5, 5.41) is 7.93. The Kier molecular flexibility index (Phi) is 4.30. The lowest BCUT2D eigenvalue weighted by Gasteiger charge is -2.11. The van der Waals surface area contributed by atoms with Gasteiger partial charge in [0.25, 0.3) is 0 Å². The smallest absolute Gasteiger partial charge is 0.122 e. The van der Waals surface area contributed by atoms with Gasteiger partial charge in [-0.3, -0.25) is 5.41 Å². The summed E-state index contributed by atoms with van der Waals surface area (Å²) in [6.07, 6.45) is 0. The van der Waals surface area contributed by atoms with Gasteiger partial charge < -0.3 is 10.5 Å². The van der Waals surface area contributed by atoms with Crippen molar-refractivity contribution in [2.75, 3.05) is 0 Å². The number of aryl methyl sites for hydroxylation is 2. The number of nitrogen functional groups attached to an aromatic ring is 1. The maximum absolute atomic E-state index is 7.38. The minimum absolute atomic E-state index is 0.00810. The first-order valence-electron chi connectivity index (χ1n) is 6.30. The molecule has 4 heteroatoms. The Bertz CT molecular complexity index is 653. The van der Waals surface area contributed by atoms with Crippen LogP contribution in [0.3, 0.4) is 0 Å². The summed E-state index contributed by atoms with van der Waals surface area (Å²) in [5.41, 5.74) is 9.22. The molecule has 0 heterocycles. The lowest BCUT2D eigenvalue weighted by Crippen LogP contribution is -2.11. The van der Waals surface area contributed by atoms with Gasteiger partial charge in [0, 0.05) is 16.1 Å². The highest BCUT2D eigenvalue weighted by molar-refractivity contribution is 6.31. The molecule has 3 N–H and O–H groups in total. The number of hydrogen-bond acceptors (Lipinski definition) is 2. The van der Waals surface area contributed by atoms with Gasteiger partial charge in [-0.25, -0.2) is 0 Å². The van der Waals surface area contributed by atoms with Crippen molar-refractivity contribution in [3.05, 3.63) is 63.7 Å². The summed E-state index contributed by atoms with van der Waals surface area (Å²) in [7, 11) is 0. The third kappa shape index (κ3) is 3.31.